The molecule has 0 radical (unpaired) electrons. The van der Waals surface area contributed by atoms with Gasteiger partial charge >= 0.3 is 0 Å². The van der Waals surface area contributed by atoms with E-state index < -0.39 is 0 Å². The van der Waals surface area contributed by atoms with Gasteiger partial charge in [-0.15, -0.1) is 0 Å². The van der Waals surface area contributed by atoms with E-state index in [9.17, 15) is 4.79 Å². The van der Waals surface area contributed by atoms with E-state index in [0.717, 1.165) is 44.6 Å². The van der Waals surface area contributed by atoms with Crippen LogP contribution < -0.4 is 15.5 Å². The highest BCUT2D eigenvalue weighted by Crippen LogP contribution is 2.29. The van der Waals surface area contributed by atoms with Crippen molar-refractivity contribution in [2.75, 3.05) is 23.3 Å². The van der Waals surface area contributed by atoms with E-state index in [-0.39, 0.29) is 11.9 Å². The number of hydrogen-bond acceptors (Lipinski definition) is 3. The molecule has 2 aromatic rings. The van der Waals surface area contributed by atoms with Gasteiger partial charge in [-0.3, -0.25) is 4.79 Å². The first kappa shape index (κ1) is 15.2. The predicted molar refractivity (Wildman–Crippen MR) is 97.3 cm³/mol. The maximum Gasteiger partial charge on any atom is 0.241 e. The molecule has 2 heterocycles. The third kappa shape index (κ3) is 3.15. The summed E-state index contributed by atoms with van der Waals surface area (Å²) in [6, 6.07) is 16.8. The number of carbonyl (C=O) groups excluding carboxylic acids is 1. The minimum Gasteiger partial charge on any atom is -0.367 e. The van der Waals surface area contributed by atoms with Crippen molar-refractivity contribution < 1.29 is 4.79 Å². The van der Waals surface area contributed by atoms with Crippen molar-refractivity contribution in [1.82, 2.24) is 5.32 Å². The van der Waals surface area contributed by atoms with Gasteiger partial charge in [0, 0.05) is 24.5 Å². The summed E-state index contributed by atoms with van der Waals surface area (Å²) >= 11 is 0. The van der Waals surface area contributed by atoms with Crippen LogP contribution in [-0.2, 0) is 17.8 Å². The summed E-state index contributed by atoms with van der Waals surface area (Å²) in [6.45, 7) is 2.93. The van der Waals surface area contributed by atoms with Crippen LogP contribution in [0.3, 0.4) is 0 Å². The van der Waals surface area contributed by atoms with Crippen molar-refractivity contribution in [3.63, 3.8) is 0 Å². The number of rotatable bonds is 4. The van der Waals surface area contributed by atoms with E-state index in [0.29, 0.717) is 0 Å². The average molecular weight is 321 g/mol. The molecule has 2 aliphatic rings. The molecule has 1 atom stereocenters. The summed E-state index contributed by atoms with van der Waals surface area (Å²) in [4.78, 5) is 14.6. The lowest BCUT2D eigenvalue weighted by Gasteiger charge is -2.19. The van der Waals surface area contributed by atoms with Crippen LogP contribution in [0.15, 0.2) is 48.5 Å². The number of hydrogen-bond donors (Lipinski definition) is 2. The fourth-order valence-electron chi connectivity index (χ4n) is 3.62. The molecule has 1 fully saturated rings. The van der Waals surface area contributed by atoms with Crippen LogP contribution in [0.25, 0.3) is 0 Å². The number of nitrogens with zero attached hydrogens (tertiary/aromatic N) is 1. The molecular formula is C20H23N3O. The number of benzene rings is 2. The minimum atomic E-state index is -0.0363. The SMILES string of the molecule is O=C(Nc1ccc(CN2CCc3ccccc32)cc1)C1CCCN1. The monoisotopic (exact) mass is 321 g/mol. The van der Waals surface area contributed by atoms with Gasteiger partial charge in [-0.25, -0.2) is 0 Å². The van der Waals surface area contributed by atoms with Crippen LogP contribution in [0.4, 0.5) is 11.4 Å². The third-order valence-electron chi connectivity index (χ3n) is 4.96. The molecule has 4 rings (SSSR count). The smallest absolute Gasteiger partial charge is 0.241 e. The molecule has 24 heavy (non-hydrogen) atoms. The van der Waals surface area contributed by atoms with Gasteiger partial charge < -0.3 is 15.5 Å². The third-order valence-corrected chi connectivity index (χ3v) is 4.96. The van der Waals surface area contributed by atoms with Crippen LogP contribution in [0.5, 0.6) is 0 Å². The summed E-state index contributed by atoms with van der Waals surface area (Å²) in [5.41, 5.74) is 4.93. The summed E-state index contributed by atoms with van der Waals surface area (Å²) in [7, 11) is 0. The van der Waals surface area contributed by atoms with Gasteiger partial charge in [0.25, 0.3) is 0 Å². The lowest BCUT2D eigenvalue weighted by molar-refractivity contribution is -0.117. The van der Waals surface area contributed by atoms with Crippen molar-refractivity contribution in [2.45, 2.75) is 31.8 Å². The molecule has 124 valence electrons. The van der Waals surface area contributed by atoms with Crippen LogP contribution in [0.1, 0.15) is 24.0 Å². The highest BCUT2D eigenvalue weighted by atomic mass is 16.2. The van der Waals surface area contributed by atoms with Crippen LogP contribution in [0, 0.1) is 0 Å². The second-order valence-electron chi connectivity index (χ2n) is 6.64. The first-order valence-electron chi connectivity index (χ1n) is 8.76. The predicted octanol–water partition coefficient (Wildman–Crippen LogP) is 2.94. The Bertz CT molecular complexity index is 720. The maximum absolute atomic E-state index is 12.1. The summed E-state index contributed by atoms with van der Waals surface area (Å²) in [5.74, 6) is 0.0775. The molecular weight excluding hydrogens is 298 g/mol. The molecule has 0 spiro atoms. The number of amides is 1. The molecule has 2 aliphatic heterocycles. The van der Waals surface area contributed by atoms with Gasteiger partial charge in [0.1, 0.15) is 0 Å². The first-order chi connectivity index (χ1) is 11.8. The number of anilines is 2. The molecule has 0 aromatic heterocycles. The van der Waals surface area contributed by atoms with Crippen LogP contribution in [0.2, 0.25) is 0 Å². The molecule has 2 aromatic carbocycles. The van der Waals surface area contributed by atoms with E-state index in [2.05, 4.69) is 51.9 Å². The van der Waals surface area contributed by atoms with Crippen molar-refractivity contribution in [3.8, 4) is 0 Å². The van der Waals surface area contributed by atoms with Crippen molar-refractivity contribution in [1.29, 1.82) is 0 Å². The summed E-state index contributed by atoms with van der Waals surface area (Å²) in [6.07, 6.45) is 3.13. The van der Waals surface area contributed by atoms with E-state index in [1.54, 1.807) is 0 Å². The molecule has 1 amide bonds. The molecule has 0 aliphatic carbocycles. The lowest BCUT2D eigenvalue weighted by atomic mass is 10.1. The highest BCUT2D eigenvalue weighted by Gasteiger charge is 2.22. The fourth-order valence-corrected chi connectivity index (χ4v) is 3.62. The topological polar surface area (TPSA) is 44.4 Å². The minimum absolute atomic E-state index is 0.0363. The molecule has 1 unspecified atom stereocenters. The van der Waals surface area contributed by atoms with Crippen LogP contribution >= 0.6 is 0 Å². The Kier molecular flexibility index (Phi) is 4.22. The Morgan fingerprint density at radius 3 is 2.79 bits per heavy atom. The standard InChI is InChI=1S/C20H23N3O/c24-20(18-5-3-12-21-18)22-17-9-7-15(8-10-17)14-23-13-11-16-4-1-2-6-19(16)23/h1-2,4,6-10,18,21H,3,5,11-14H2,(H,22,24). The molecule has 4 nitrogen and oxygen atoms in total. The van der Waals surface area contributed by atoms with E-state index in [1.807, 2.05) is 12.1 Å². The van der Waals surface area contributed by atoms with E-state index in [1.165, 1.54) is 16.8 Å². The van der Waals surface area contributed by atoms with Crippen LogP contribution in [-0.4, -0.2) is 25.0 Å². The van der Waals surface area contributed by atoms with Gasteiger partial charge in [-0.2, -0.15) is 0 Å². The molecule has 2 N–H and O–H groups in total. The normalized spacial score (nSPS) is 19.3. The second-order valence-corrected chi connectivity index (χ2v) is 6.64. The highest BCUT2D eigenvalue weighted by molar-refractivity contribution is 5.95. The van der Waals surface area contributed by atoms with Gasteiger partial charge in [-0.05, 0) is 55.1 Å². The van der Waals surface area contributed by atoms with Crippen molar-refractivity contribution >= 4 is 17.3 Å². The second kappa shape index (κ2) is 6.65. The van der Waals surface area contributed by atoms with E-state index in [4.69, 9.17) is 0 Å². The number of nitrogens with one attached hydrogen (secondary N) is 2. The fraction of sp³-hybridized carbons (Fsp3) is 0.350. The number of carbonyl (C=O) groups is 1. The van der Waals surface area contributed by atoms with Gasteiger partial charge in [0.15, 0.2) is 0 Å². The van der Waals surface area contributed by atoms with Crippen molar-refractivity contribution in [2.24, 2.45) is 0 Å². The van der Waals surface area contributed by atoms with Gasteiger partial charge in [0.05, 0.1) is 6.04 Å². The Morgan fingerprint density at radius 2 is 2.00 bits per heavy atom. The molecule has 4 heteroatoms. The van der Waals surface area contributed by atoms with Gasteiger partial charge in [-0.1, -0.05) is 30.3 Å². The van der Waals surface area contributed by atoms with E-state index >= 15 is 0 Å². The first-order valence-corrected chi connectivity index (χ1v) is 8.76. The Labute approximate surface area is 142 Å². The largest absolute Gasteiger partial charge is 0.367 e. The molecule has 0 bridgehead atoms. The quantitative estimate of drug-likeness (QED) is 0.910. The Balaban J connectivity index is 1.38. The van der Waals surface area contributed by atoms with Crippen molar-refractivity contribution in [3.05, 3.63) is 59.7 Å². The maximum atomic E-state index is 12.1. The lowest BCUT2D eigenvalue weighted by Crippen LogP contribution is -2.35. The molecule has 0 saturated carbocycles. The zero-order valence-corrected chi connectivity index (χ0v) is 13.8. The Hall–Kier alpha value is -2.33. The zero-order chi connectivity index (χ0) is 16.4. The Morgan fingerprint density at radius 1 is 1.17 bits per heavy atom. The number of para-hydroxylation sites is 1. The average Bonchev–Trinajstić information content (AvgIpc) is 3.27. The summed E-state index contributed by atoms with van der Waals surface area (Å²) < 4.78 is 0. The summed E-state index contributed by atoms with van der Waals surface area (Å²) in [5, 5.41) is 6.23. The molecule has 1 saturated heterocycles. The zero-order valence-electron chi connectivity index (χ0n) is 13.8. The van der Waals surface area contributed by atoms with Gasteiger partial charge in [0.2, 0.25) is 5.91 Å². The number of fused-ring (bicyclic) bond motifs is 1.